The molecule has 3 aromatic rings. The lowest BCUT2D eigenvalue weighted by atomic mass is 10.1. The third-order valence-electron chi connectivity index (χ3n) is 3.64. The Hall–Kier alpha value is -3.39. The number of benzene rings is 2. The van der Waals surface area contributed by atoms with Gasteiger partial charge in [0, 0.05) is 17.7 Å². The Balaban J connectivity index is 1.69. The lowest BCUT2D eigenvalue weighted by molar-refractivity contribution is -0.384. The molecule has 0 radical (unpaired) electrons. The van der Waals surface area contributed by atoms with Gasteiger partial charge < -0.3 is 14.0 Å². The average Bonchev–Trinajstić information content (AvgIpc) is 3.15. The normalized spacial score (nSPS) is 10.4. The molecule has 3 rings (SSSR count). The molecule has 2 aromatic carbocycles. The summed E-state index contributed by atoms with van der Waals surface area (Å²) in [6.07, 6.45) is 0. The van der Waals surface area contributed by atoms with Crippen LogP contribution in [0.2, 0.25) is 5.02 Å². The Morgan fingerprint density at radius 3 is 2.81 bits per heavy atom. The zero-order valence-corrected chi connectivity index (χ0v) is 14.8. The number of nitro benzene ring substituents is 1. The molecule has 0 aliphatic rings. The summed E-state index contributed by atoms with van der Waals surface area (Å²) in [5.74, 6) is 0.420. The first-order chi connectivity index (χ1) is 13.0. The van der Waals surface area contributed by atoms with Gasteiger partial charge in [0.2, 0.25) is 0 Å². The zero-order chi connectivity index (χ0) is 19.4. The highest BCUT2D eigenvalue weighted by atomic mass is 35.5. The van der Waals surface area contributed by atoms with Gasteiger partial charge in [-0.25, -0.2) is 4.79 Å². The summed E-state index contributed by atoms with van der Waals surface area (Å²) in [5, 5.41) is 14.7. The van der Waals surface area contributed by atoms with E-state index in [1.807, 2.05) is 12.1 Å². The number of hydrogen-bond acceptors (Lipinski definition) is 7. The maximum atomic E-state index is 12.1. The molecule has 9 heteroatoms. The van der Waals surface area contributed by atoms with E-state index >= 15 is 0 Å². The number of methoxy groups -OCH3 is 1. The van der Waals surface area contributed by atoms with E-state index in [-0.39, 0.29) is 22.9 Å². The number of nitro groups is 1. The molecule has 0 amide bonds. The van der Waals surface area contributed by atoms with Gasteiger partial charge in [0.05, 0.1) is 17.6 Å². The minimum atomic E-state index is -0.735. The number of carbonyl (C=O) groups excluding carboxylic acids is 1. The van der Waals surface area contributed by atoms with Gasteiger partial charge in [-0.1, -0.05) is 28.9 Å². The quantitative estimate of drug-likeness (QED) is 0.352. The number of hydrogen-bond donors (Lipinski definition) is 0. The maximum absolute atomic E-state index is 12.1. The van der Waals surface area contributed by atoms with Gasteiger partial charge in [0.15, 0.2) is 5.76 Å². The standard InChI is InChI=1S/C18H13ClN2O6/c1-25-14-4-2-3-11(7-14)17-9-13(20-27-17)10-26-18(22)12-5-6-15(19)16(8-12)21(23)24/h2-9H,10H2,1H3. The number of esters is 1. The maximum Gasteiger partial charge on any atom is 0.338 e. The molecule has 0 bridgehead atoms. The van der Waals surface area contributed by atoms with E-state index in [2.05, 4.69) is 5.16 Å². The average molecular weight is 389 g/mol. The van der Waals surface area contributed by atoms with Crippen LogP contribution in [0, 0.1) is 10.1 Å². The summed E-state index contributed by atoms with van der Waals surface area (Å²) in [6, 6.07) is 12.5. The minimum absolute atomic E-state index is 0.0163. The molecule has 0 unspecified atom stereocenters. The molecule has 0 aliphatic heterocycles. The van der Waals surface area contributed by atoms with Gasteiger partial charge in [-0.05, 0) is 24.3 Å². The van der Waals surface area contributed by atoms with Crippen molar-refractivity contribution in [1.29, 1.82) is 0 Å². The molecule has 0 saturated carbocycles. The van der Waals surface area contributed by atoms with Crippen molar-refractivity contribution in [2.45, 2.75) is 6.61 Å². The van der Waals surface area contributed by atoms with Gasteiger partial charge in [0.1, 0.15) is 23.1 Å². The van der Waals surface area contributed by atoms with Crippen LogP contribution in [0.4, 0.5) is 5.69 Å². The Labute approximate surface area is 158 Å². The Morgan fingerprint density at radius 2 is 2.07 bits per heavy atom. The van der Waals surface area contributed by atoms with E-state index in [1.165, 1.54) is 12.1 Å². The number of ether oxygens (including phenoxy) is 2. The Morgan fingerprint density at radius 1 is 1.26 bits per heavy atom. The monoisotopic (exact) mass is 388 g/mol. The third kappa shape index (κ3) is 4.24. The summed E-state index contributed by atoms with van der Waals surface area (Å²) >= 11 is 5.73. The summed E-state index contributed by atoms with van der Waals surface area (Å²) in [6.45, 7) is -0.150. The highest BCUT2D eigenvalue weighted by Crippen LogP contribution is 2.26. The molecular weight excluding hydrogens is 376 g/mol. The first-order valence-corrected chi connectivity index (χ1v) is 8.07. The van der Waals surface area contributed by atoms with Gasteiger partial charge in [-0.2, -0.15) is 0 Å². The van der Waals surface area contributed by atoms with Crippen molar-refractivity contribution in [3.63, 3.8) is 0 Å². The molecule has 0 saturated heterocycles. The van der Waals surface area contributed by atoms with E-state index in [4.69, 9.17) is 25.6 Å². The fourth-order valence-electron chi connectivity index (χ4n) is 2.29. The van der Waals surface area contributed by atoms with Crippen LogP contribution in [0.1, 0.15) is 16.1 Å². The fraction of sp³-hybridized carbons (Fsp3) is 0.111. The molecule has 1 aromatic heterocycles. The SMILES string of the molecule is COc1cccc(-c2cc(COC(=O)c3ccc(Cl)c([N+](=O)[O-])c3)no2)c1. The molecular formula is C18H13ClN2O6. The predicted octanol–water partition coefficient (Wildman–Crippen LogP) is 4.27. The largest absolute Gasteiger partial charge is 0.497 e. The topological polar surface area (TPSA) is 105 Å². The molecule has 0 spiro atoms. The van der Waals surface area contributed by atoms with Crippen molar-refractivity contribution in [1.82, 2.24) is 5.16 Å². The molecule has 0 aliphatic carbocycles. The van der Waals surface area contributed by atoms with Crippen LogP contribution in [0.25, 0.3) is 11.3 Å². The van der Waals surface area contributed by atoms with Crippen LogP contribution in [-0.2, 0) is 11.3 Å². The van der Waals surface area contributed by atoms with E-state index in [0.717, 1.165) is 11.6 Å². The lowest BCUT2D eigenvalue weighted by Gasteiger charge is -2.03. The second kappa shape index (κ2) is 7.88. The van der Waals surface area contributed by atoms with Crippen molar-refractivity contribution >= 4 is 23.3 Å². The van der Waals surface area contributed by atoms with Gasteiger partial charge in [-0.15, -0.1) is 0 Å². The van der Waals surface area contributed by atoms with Crippen molar-refractivity contribution in [3.8, 4) is 17.1 Å². The summed E-state index contributed by atoms with van der Waals surface area (Å²) in [5.41, 5.74) is 0.799. The molecule has 0 fully saturated rings. The van der Waals surface area contributed by atoms with Crippen LogP contribution >= 0.6 is 11.6 Å². The van der Waals surface area contributed by atoms with E-state index < -0.39 is 10.9 Å². The molecule has 8 nitrogen and oxygen atoms in total. The number of rotatable bonds is 6. The van der Waals surface area contributed by atoms with Crippen LogP contribution < -0.4 is 4.74 Å². The highest BCUT2D eigenvalue weighted by molar-refractivity contribution is 6.32. The molecule has 27 heavy (non-hydrogen) atoms. The number of aromatic nitrogens is 1. The summed E-state index contributed by atoms with van der Waals surface area (Å²) in [4.78, 5) is 22.3. The van der Waals surface area contributed by atoms with Crippen LogP contribution in [-0.4, -0.2) is 23.2 Å². The van der Waals surface area contributed by atoms with Crippen LogP contribution in [0.3, 0.4) is 0 Å². The number of halogens is 1. The number of carbonyl (C=O) groups is 1. The van der Waals surface area contributed by atoms with E-state index in [1.54, 1.807) is 25.3 Å². The Bertz CT molecular complexity index is 1000. The number of nitrogens with zero attached hydrogens (tertiary/aromatic N) is 2. The predicted molar refractivity (Wildman–Crippen MR) is 95.7 cm³/mol. The van der Waals surface area contributed by atoms with Crippen molar-refractivity contribution in [2.24, 2.45) is 0 Å². The van der Waals surface area contributed by atoms with Crippen molar-refractivity contribution < 1.29 is 23.7 Å². The first kappa shape index (κ1) is 18.4. The van der Waals surface area contributed by atoms with E-state index in [0.29, 0.717) is 17.2 Å². The Kier molecular flexibility index (Phi) is 5.37. The molecule has 0 N–H and O–H groups in total. The van der Waals surface area contributed by atoms with Crippen molar-refractivity contribution in [2.75, 3.05) is 7.11 Å². The second-order valence-electron chi connectivity index (χ2n) is 5.41. The highest BCUT2D eigenvalue weighted by Gasteiger charge is 2.18. The second-order valence-corrected chi connectivity index (χ2v) is 5.82. The zero-order valence-electron chi connectivity index (χ0n) is 14.0. The van der Waals surface area contributed by atoms with Gasteiger partial charge >= 0.3 is 5.97 Å². The van der Waals surface area contributed by atoms with Crippen molar-refractivity contribution in [3.05, 3.63) is 74.9 Å². The summed E-state index contributed by atoms with van der Waals surface area (Å²) in [7, 11) is 1.56. The minimum Gasteiger partial charge on any atom is -0.497 e. The van der Waals surface area contributed by atoms with Gasteiger partial charge in [-0.3, -0.25) is 10.1 Å². The van der Waals surface area contributed by atoms with E-state index in [9.17, 15) is 14.9 Å². The molecule has 138 valence electrons. The van der Waals surface area contributed by atoms with Gasteiger partial charge in [0.25, 0.3) is 5.69 Å². The smallest absolute Gasteiger partial charge is 0.338 e. The van der Waals surface area contributed by atoms with Crippen LogP contribution in [0.15, 0.2) is 53.1 Å². The third-order valence-corrected chi connectivity index (χ3v) is 3.96. The summed E-state index contributed by atoms with van der Waals surface area (Å²) < 4.78 is 15.5. The fourth-order valence-corrected chi connectivity index (χ4v) is 2.48. The molecule has 0 atom stereocenters. The molecule has 1 heterocycles. The lowest BCUT2D eigenvalue weighted by Crippen LogP contribution is -2.06. The van der Waals surface area contributed by atoms with Crippen LogP contribution in [0.5, 0.6) is 5.75 Å². The first-order valence-electron chi connectivity index (χ1n) is 7.69.